The van der Waals surface area contributed by atoms with Gasteiger partial charge in [0, 0.05) is 12.2 Å². The van der Waals surface area contributed by atoms with Crippen molar-refractivity contribution in [1.82, 2.24) is 0 Å². The maximum absolute atomic E-state index is 9.57. The SMILES string of the molecule is CC(C)OC[C@H](O)CNc1ccccc1. The second-order valence-electron chi connectivity index (χ2n) is 3.78. The Labute approximate surface area is 91.1 Å². The fourth-order valence-electron chi connectivity index (χ4n) is 1.15. The molecule has 0 saturated carbocycles. The van der Waals surface area contributed by atoms with Gasteiger partial charge in [-0.25, -0.2) is 0 Å². The summed E-state index contributed by atoms with van der Waals surface area (Å²) >= 11 is 0. The van der Waals surface area contributed by atoms with Crippen LogP contribution in [0.15, 0.2) is 30.3 Å². The minimum Gasteiger partial charge on any atom is -0.389 e. The van der Waals surface area contributed by atoms with Crippen molar-refractivity contribution in [2.45, 2.75) is 26.1 Å². The van der Waals surface area contributed by atoms with Crippen LogP contribution in [0.3, 0.4) is 0 Å². The Hall–Kier alpha value is -1.06. The van der Waals surface area contributed by atoms with E-state index in [1.54, 1.807) is 0 Å². The number of para-hydroxylation sites is 1. The van der Waals surface area contributed by atoms with E-state index in [1.165, 1.54) is 0 Å². The molecule has 0 bridgehead atoms. The summed E-state index contributed by atoms with van der Waals surface area (Å²) in [6.45, 7) is 4.79. The highest BCUT2D eigenvalue weighted by Crippen LogP contribution is 2.04. The van der Waals surface area contributed by atoms with Crippen LogP contribution in [-0.2, 0) is 4.74 Å². The average molecular weight is 209 g/mol. The lowest BCUT2D eigenvalue weighted by Gasteiger charge is -2.14. The van der Waals surface area contributed by atoms with Gasteiger partial charge in [-0.1, -0.05) is 18.2 Å². The monoisotopic (exact) mass is 209 g/mol. The van der Waals surface area contributed by atoms with Crippen LogP contribution in [0.2, 0.25) is 0 Å². The molecule has 0 fully saturated rings. The van der Waals surface area contributed by atoms with Crippen LogP contribution in [-0.4, -0.2) is 30.5 Å². The Bertz CT molecular complexity index is 262. The van der Waals surface area contributed by atoms with Crippen LogP contribution in [0.1, 0.15) is 13.8 Å². The van der Waals surface area contributed by atoms with E-state index in [0.29, 0.717) is 13.2 Å². The van der Waals surface area contributed by atoms with Crippen molar-refractivity contribution >= 4 is 5.69 Å². The molecule has 0 aliphatic heterocycles. The van der Waals surface area contributed by atoms with Gasteiger partial charge < -0.3 is 15.2 Å². The summed E-state index contributed by atoms with van der Waals surface area (Å²) in [6, 6.07) is 9.81. The first-order valence-electron chi connectivity index (χ1n) is 5.27. The summed E-state index contributed by atoms with van der Waals surface area (Å²) in [7, 11) is 0. The third-order valence-electron chi connectivity index (χ3n) is 1.94. The van der Waals surface area contributed by atoms with Crippen LogP contribution >= 0.6 is 0 Å². The Morgan fingerprint density at radius 2 is 1.93 bits per heavy atom. The molecule has 0 unspecified atom stereocenters. The molecule has 0 aromatic heterocycles. The van der Waals surface area contributed by atoms with Crippen LogP contribution in [0.5, 0.6) is 0 Å². The lowest BCUT2D eigenvalue weighted by atomic mass is 10.3. The molecule has 0 spiro atoms. The molecule has 3 nitrogen and oxygen atoms in total. The molecule has 0 saturated heterocycles. The topological polar surface area (TPSA) is 41.5 Å². The second kappa shape index (κ2) is 6.43. The molecule has 0 radical (unpaired) electrons. The van der Waals surface area contributed by atoms with E-state index in [1.807, 2.05) is 44.2 Å². The van der Waals surface area contributed by atoms with E-state index in [4.69, 9.17) is 4.74 Å². The van der Waals surface area contributed by atoms with Crippen molar-refractivity contribution in [3.63, 3.8) is 0 Å². The molecular weight excluding hydrogens is 190 g/mol. The molecule has 3 heteroatoms. The minimum atomic E-state index is -0.465. The van der Waals surface area contributed by atoms with Gasteiger partial charge in [-0.2, -0.15) is 0 Å². The lowest BCUT2D eigenvalue weighted by Crippen LogP contribution is -2.26. The van der Waals surface area contributed by atoms with Crippen molar-refractivity contribution in [3.05, 3.63) is 30.3 Å². The highest BCUT2D eigenvalue weighted by molar-refractivity contribution is 5.42. The molecule has 84 valence electrons. The molecule has 1 rings (SSSR count). The zero-order valence-corrected chi connectivity index (χ0v) is 9.31. The van der Waals surface area contributed by atoms with E-state index in [2.05, 4.69) is 5.32 Å². The summed E-state index contributed by atoms with van der Waals surface area (Å²) in [5.74, 6) is 0. The van der Waals surface area contributed by atoms with Gasteiger partial charge >= 0.3 is 0 Å². The van der Waals surface area contributed by atoms with Crippen LogP contribution in [0.4, 0.5) is 5.69 Å². The Balaban J connectivity index is 2.19. The van der Waals surface area contributed by atoms with Crippen LogP contribution < -0.4 is 5.32 Å². The Morgan fingerprint density at radius 1 is 1.27 bits per heavy atom. The zero-order valence-electron chi connectivity index (χ0n) is 9.31. The predicted molar refractivity (Wildman–Crippen MR) is 62.0 cm³/mol. The van der Waals surface area contributed by atoms with E-state index < -0.39 is 6.10 Å². The Kier molecular flexibility index (Phi) is 5.15. The van der Waals surface area contributed by atoms with Crippen molar-refractivity contribution in [1.29, 1.82) is 0 Å². The molecule has 1 aromatic carbocycles. The maximum Gasteiger partial charge on any atom is 0.0945 e. The number of rotatable bonds is 6. The summed E-state index contributed by atoms with van der Waals surface area (Å²) in [5.41, 5.74) is 1.01. The fraction of sp³-hybridized carbons (Fsp3) is 0.500. The number of benzene rings is 1. The zero-order chi connectivity index (χ0) is 11.1. The van der Waals surface area contributed by atoms with Gasteiger partial charge in [-0.05, 0) is 26.0 Å². The second-order valence-corrected chi connectivity index (χ2v) is 3.78. The molecule has 1 atom stereocenters. The Morgan fingerprint density at radius 3 is 2.53 bits per heavy atom. The number of hydrogen-bond acceptors (Lipinski definition) is 3. The van der Waals surface area contributed by atoms with Gasteiger partial charge in [0.05, 0.1) is 18.8 Å². The van der Waals surface area contributed by atoms with Crippen molar-refractivity contribution < 1.29 is 9.84 Å². The number of anilines is 1. The van der Waals surface area contributed by atoms with E-state index in [9.17, 15) is 5.11 Å². The highest BCUT2D eigenvalue weighted by Gasteiger charge is 2.04. The molecule has 15 heavy (non-hydrogen) atoms. The number of ether oxygens (including phenoxy) is 1. The largest absolute Gasteiger partial charge is 0.389 e. The van der Waals surface area contributed by atoms with Crippen molar-refractivity contribution in [2.24, 2.45) is 0 Å². The number of aliphatic hydroxyl groups is 1. The first kappa shape index (κ1) is 12.0. The predicted octanol–water partition coefficient (Wildman–Crippen LogP) is 1.88. The summed E-state index contributed by atoms with van der Waals surface area (Å²) in [6.07, 6.45) is -0.302. The summed E-state index contributed by atoms with van der Waals surface area (Å²) in [4.78, 5) is 0. The van der Waals surface area contributed by atoms with E-state index in [-0.39, 0.29) is 6.10 Å². The van der Waals surface area contributed by atoms with Crippen molar-refractivity contribution in [3.8, 4) is 0 Å². The van der Waals surface area contributed by atoms with Gasteiger partial charge in [0.2, 0.25) is 0 Å². The lowest BCUT2D eigenvalue weighted by molar-refractivity contribution is 0.0112. The van der Waals surface area contributed by atoms with Crippen LogP contribution in [0.25, 0.3) is 0 Å². The van der Waals surface area contributed by atoms with Gasteiger partial charge in [0.15, 0.2) is 0 Å². The normalized spacial score (nSPS) is 12.8. The summed E-state index contributed by atoms with van der Waals surface area (Å²) in [5, 5.41) is 12.7. The van der Waals surface area contributed by atoms with E-state index >= 15 is 0 Å². The minimum absolute atomic E-state index is 0.163. The first-order valence-corrected chi connectivity index (χ1v) is 5.27. The molecule has 0 aliphatic carbocycles. The fourth-order valence-corrected chi connectivity index (χ4v) is 1.15. The maximum atomic E-state index is 9.57. The average Bonchev–Trinajstić information content (AvgIpc) is 2.25. The number of nitrogens with one attached hydrogen (secondary N) is 1. The van der Waals surface area contributed by atoms with Gasteiger partial charge in [-0.3, -0.25) is 0 Å². The molecular formula is C12H19NO2. The smallest absolute Gasteiger partial charge is 0.0945 e. The summed E-state index contributed by atoms with van der Waals surface area (Å²) < 4.78 is 5.30. The van der Waals surface area contributed by atoms with Crippen molar-refractivity contribution in [2.75, 3.05) is 18.5 Å². The molecule has 0 amide bonds. The number of aliphatic hydroxyl groups excluding tert-OH is 1. The third-order valence-corrected chi connectivity index (χ3v) is 1.94. The number of hydrogen-bond donors (Lipinski definition) is 2. The highest BCUT2D eigenvalue weighted by atomic mass is 16.5. The van der Waals surface area contributed by atoms with E-state index in [0.717, 1.165) is 5.69 Å². The first-order chi connectivity index (χ1) is 7.18. The van der Waals surface area contributed by atoms with Gasteiger partial charge in [0.1, 0.15) is 0 Å². The molecule has 1 aromatic rings. The molecule has 0 aliphatic rings. The molecule has 2 N–H and O–H groups in total. The van der Waals surface area contributed by atoms with Gasteiger partial charge in [-0.15, -0.1) is 0 Å². The third kappa shape index (κ3) is 5.40. The van der Waals surface area contributed by atoms with Crippen LogP contribution in [0, 0.1) is 0 Å². The standard InChI is InChI=1S/C12H19NO2/c1-10(2)15-9-12(14)8-13-11-6-4-3-5-7-11/h3-7,10,12-14H,8-9H2,1-2H3/t12-/m1/s1. The quantitative estimate of drug-likeness (QED) is 0.751. The van der Waals surface area contributed by atoms with Gasteiger partial charge in [0.25, 0.3) is 0 Å². The molecule has 0 heterocycles.